The lowest BCUT2D eigenvalue weighted by atomic mass is 10.0. The molecule has 2 aromatic rings. The van der Waals surface area contributed by atoms with Crippen molar-refractivity contribution in [2.24, 2.45) is 0 Å². The van der Waals surface area contributed by atoms with Gasteiger partial charge < -0.3 is 11.5 Å². The minimum Gasteiger partial charge on any atom is -0.399 e. The quantitative estimate of drug-likeness (QED) is 0.429. The predicted molar refractivity (Wildman–Crippen MR) is 118 cm³/mol. The molecule has 2 heterocycles. The average Bonchev–Trinajstić information content (AvgIpc) is 3.17. The monoisotopic (exact) mass is 420 g/mol. The molecule has 0 radical (unpaired) electrons. The summed E-state index contributed by atoms with van der Waals surface area (Å²) in [7, 11) is 0. The van der Waals surface area contributed by atoms with E-state index in [1.54, 1.807) is 13.8 Å². The first kappa shape index (κ1) is 23.1. The summed E-state index contributed by atoms with van der Waals surface area (Å²) in [6, 6.07) is 15.9. The van der Waals surface area contributed by atoms with Crippen LogP contribution >= 0.6 is 0 Å². The van der Waals surface area contributed by atoms with E-state index in [4.69, 9.17) is 11.5 Å². The van der Waals surface area contributed by atoms with E-state index in [-0.39, 0.29) is 23.6 Å². The standard InChI is InChI=1S/C13H14N2.2C5H5NO2/c14-12-5-1-10(2-6-12)9-11-3-7-13(15)8-4-11;2*1-3-2-4(7)6-5(3)8/h1-8H,9,14-15H2;2*2H,1H3,(H,6,7,8). The van der Waals surface area contributed by atoms with E-state index in [9.17, 15) is 19.2 Å². The smallest absolute Gasteiger partial charge is 0.253 e. The van der Waals surface area contributed by atoms with Crippen LogP contribution in [-0.4, -0.2) is 23.6 Å². The molecular formula is C23H24N4O4. The Bertz CT molecular complexity index is 966. The Labute approximate surface area is 180 Å². The van der Waals surface area contributed by atoms with Gasteiger partial charge in [-0.3, -0.25) is 29.8 Å². The second-order valence-corrected chi connectivity index (χ2v) is 6.95. The molecule has 8 nitrogen and oxygen atoms in total. The summed E-state index contributed by atoms with van der Waals surface area (Å²) in [6.07, 6.45) is 3.48. The highest BCUT2D eigenvalue weighted by Gasteiger charge is 2.15. The van der Waals surface area contributed by atoms with Crippen LogP contribution in [0.25, 0.3) is 0 Å². The molecule has 6 N–H and O–H groups in total. The number of nitrogens with one attached hydrogen (secondary N) is 2. The molecule has 0 bridgehead atoms. The van der Waals surface area contributed by atoms with Gasteiger partial charge in [0.2, 0.25) is 0 Å². The lowest BCUT2D eigenvalue weighted by molar-refractivity contribution is -0.125. The largest absolute Gasteiger partial charge is 0.399 e. The molecule has 0 aromatic heterocycles. The van der Waals surface area contributed by atoms with E-state index in [2.05, 4.69) is 10.6 Å². The van der Waals surface area contributed by atoms with E-state index in [0.717, 1.165) is 17.8 Å². The lowest BCUT2D eigenvalue weighted by Gasteiger charge is -2.02. The summed E-state index contributed by atoms with van der Waals surface area (Å²) in [4.78, 5) is 41.3. The zero-order valence-electron chi connectivity index (χ0n) is 17.3. The summed E-state index contributed by atoms with van der Waals surface area (Å²) in [5.41, 5.74) is 16.3. The van der Waals surface area contributed by atoms with Crippen LogP contribution in [0.2, 0.25) is 0 Å². The number of hydrogen-bond acceptors (Lipinski definition) is 6. The minimum absolute atomic E-state index is 0.282. The molecule has 0 fully saturated rings. The summed E-state index contributed by atoms with van der Waals surface area (Å²) in [5.74, 6) is -1.19. The molecule has 8 heteroatoms. The highest BCUT2D eigenvalue weighted by molar-refractivity contribution is 6.16. The van der Waals surface area contributed by atoms with Gasteiger partial charge in [-0.2, -0.15) is 0 Å². The number of benzene rings is 2. The van der Waals surface area contributed by atoms with Gasteiger partial charge in [-0.05, 0) is 55.7 Å². The predicted octanol–water partition coefficient (Wildman–Crippen LogP) is 1.62. The van der Waals surface area contributed by atoms with E-state index in [1.807, 2.05) is 48.5 Å². The molecule has 0 saturated carbocycles. The van der Waals surface area contributed by atoms with Crippen LogP contribution in [0.15, 0.2) is 71.8 Å². The fraction of sp³-hybridized carbons (Fsp3) is 0.130. The van der Waals surface area contributed by atoms with Gasteiger partial charge in [-0.1, -0.05) is 24.3 Å². The molecule has 0 saturated heterocycles. The molecule has 0 unspecified atom stereocenters. The Kier molecular flexibility index (Phi) is 7.85. The fourth-order valence-corrected chi connectivity index (χ4v) is 2.52. The van der Waals surface area contributed by atoms with Crippen LogP contribution in [0.1, 0.15) is 25.0 Å². The van der Waals surface area contributed by atoms with Crippen molar-refractivity contribution in [3.8, 4) is 0 Å². The van der Waals surface area contributed by atoms with Crippen molar-refractivity contribution in [1.29, 1.82) is 0 Å². The number of rotatable bonds is 2. The lowest BCUT2D eigenvalue weighted by Crippen LogP contribution is -2.21. The highest BCUT2D eigenvalue weighted by atomic mass is 16.2. The Morgan fingerprint density at radius 3 is 1.13 bits per heavy atom. The van der Waals surface area contributed by atoms with Crippen LogP contribution in [0.4, 0.5) is 11.4 Å². The maximum Gasteiger partial charge on any atom is 0.253 e. The summed E-state index contributed by atoms with van der Waals surface area (Å²) < 4.78 is 0. The van der Waals surface area contributed by atoms with Gasteiger partial charge >= 0.3 is 0 Å². The van der Waals surface area contributed by atoms with E-state index >= 15 is 0 Å². The van der Waals surface area contributed by atoms with E-state index < -0.39 is 0 Å². The van der Waals surface area contributed by atoms with Crippen molar-refractivity contribution in [3.05, 3.63) is 83.0 Å². The van der Waals surface area contributed by atoms with E-state index in [0.29, 0.717) is 11.1 Å². The molecule has 2 aliphatic heterocycles. The molecular weight excluding hydrogens is 396 g/mol. The number of amides is 4. The summed E-state index contributed by atoms with van der Waals surface area (Å²) in [5, 5.41) is 4.19. The van der Waals surface area contributed by atoms with Crippen LogP contribution < -0.4 is 22.1 Å². The molecule has 160 valence electrons. The highest BCUT2D eigenvalue weighted by Crippen LogP contribution is 2.13. The van der Waals surface area contributed by atoms with Gasteiger partial charge in [0, 0.05) is 34.7 Å². The number of nitrogen functional groups attached to an aromatic ring is 2. The third-order valence-electron chi connectivity index (χ3n) is 4.25. The van der Waals surface area contributed by atoms with Crippen LogP contribution in [0, 0.1) is 0 Å². The van der Waals surface area contributed by atoms with Gasteiger partial charge in [-0.15, -0.1) is 0 Å². The summed E-state index contributed by atoms with van der Waals surface area (Å²) in [6.45, 7) is 3.19. The second-order valence-electron chi connectivity index (χ2n) is 6.95. The van der Waals surface area contributed by atoms with Crippen LogP contribution in [0.3, 0.4) is 0 Å². The first-order valence-corrected chi connectivity index (χ1v) is 9.40. The van der Waals surface area contributed by atoms with Crippen LogP contribution in [0.5, 0.6) is 0 Å². The van der Waals surface area contributed by atoms with Gasteiger partial charge in [0.1, 0.15) is 0 Å². The normalized spacial score (nSPS) is 14.4. The number of anilines is 2. The van der Waals surface area contributed by atoms with Crippen molar-refractivity contribution in [2.45, 2.75) is 20.3 Å². The van der Waals surface area contributed by atoms with Crippen LogP contribution in [-0.2, 0) is 25.6 Å². The van der Waals surface area contributed by atoms with Gasteiger partial charge in [0.05, 0.1) is 0 Å². The molecule has 4 amide bonds. The Morgan fingerprint density at radius 1 is 0.613 bits per heavy atom. The van der Waals surface area contributed by atoms with Gasteiger partial charge in [-0.25, -0.2) is 0 Å². The zero-order valence-corrected chi connectivity index (χ0v) is 17.3. The number of carbonyl (C=O) groups is 4. The van der Waals surface area contributed by atoms with Crippen molar-refractivity contribution < 1.29 is 19.2 Å². The van der Waals surface area contributed by atoms with E-state index in [1.165, 1.54) is 23.3 Å². The maximum absolute atomic E-state index is 10.4. The first-order chi connectivity index (χ1) is 14.6. The maximum atomic E-state index is 10.4. The molecule has 0 atom stereocenters. The first-order valence-electron chi connectivity index (χ1n) is 9.40. The average molecular weight is 420 g/mol. The molecule has 31 heavy (non-hydrogen) atoms. The number of carbonyl (C=O) groups excluding carboxylic acids is 4. The Hall–Kier alpha value is -4.20. The molecule has 0 aliphatic carbocycles. The molecule has 2 aliphatic rings. The third kappa shape index (κ3) is 7.62. The third-order valence-corrected chi connectivity index (χ3v) is 4.25. The van der Waals surface area contributed by atoms with Gasteiger partial charge in [0.15, 0.2) is 0 Å². The second kappa shape index (κ2) is 10.5. The Morgan fingerprint density at radius 2 is 0.935 bits per heavy atom. The topological polar surface area (TPSA) is 144 Å². The number of hydrogen-bond donors (Lipinski definition) is 4. The van der Waals surface area contributed by atoms with Crippen molar-refractivity contribution in [1.82, 2.24) is 10.6 Å². The van der Waals surface area contributed by atoms with Crippen molar-refractivity contribution >= 4 is 35.0 Å². The molecule has 4 rings (SSSR count). The fourth-order valence-electron chi connectivity index (χ4n) is 2.52. The molecule has 2 aromatic carbocycles. The Balaban J connectivity index is 0.000000181. The molecule has 0 spiro atoms. The van der Waals surface area contributed by atoms with Crippen molar-refractivity contribution in [3.63, 3.8) is 0 Å². The van der Waals surface area contributed by atoms with Crippen molar-refractivity contribution in [2.75, 3.05) is 11.5 Å². The number of nitrogens with two attached hydrogens (primary N) is 2. The SMILES string of the molecule is CC1=CC(=O)NC1=O.CC1=CC(=O)NC1=O.Nc1ccc(Cc2ccc(N)cc2)cc1. The minimum atomic E-state index is -0.312. The summed E-state index contributed by atoms with van der Waals surface area (Å²) >= 11 is 0. The van der Waals surface area contributed by atoms with Gasteiger partial charge in [0.25, 0.3) is 23.6 Å². The number of imide groups is 2. The zero-order chi connectivity index (χ0) is 23.0.